The highest BCUT2D eigenvalue weighted by Gasteiger charge is 2.24. The number of likely N-dealkylation sites (tertiary alicyclic amines) is 1. The quantitative estimate of drug-likeness (QED) is 0.796. The smallest absolute Gasteiger partial charge is 0.00130 e. The Kier molecular flexibility index (Phi) is 4.48. The zero-order valence-electron chi connectivity index (χ0n) is 14.0. The molecule has 1 aliphatic carbocycles. The van der Waals surface area contributed by atoms with Gasteiger partial charge in [0.2, 0.25) is 0 Å². The zero-order chi connectivity index (χ0) is 15.5. The first-order valence-electron chi connectivity index (χ1n) is 9.22. The summed E-state index contributed by atoms with van der Waals surface area (Å²) in [7, 11) is 0. The van der Waals surface area contributed by atoms with Gasteiger partial charge in [0, 0.05) is 6.54 Å². The fourth-order valence-electron chi connectivity index (χ4n) is 4.47. The van der Waals surface area contributed by atoms with Crippen molar-refractivity contribution in [2.24, 2.45) is 5.92 Å². The number of piperidine rings is 1. The van der Waals surface area contributed by atoms with Crippen molar-refractivity contribution in [1.29, 1.82) is 0 Å². The first kappa shape index (κ1) is 15.0. The number of rotatable bonds is 3. The fraction of sp³-hybridized carbons (Fsp3) is 0.455. The summed E-state index contributed by atoms with van der Waals surface area (Å²) in [5.74, 6) is 1.64. The molecule has 1 nitrogen and oxygen atoms in total. The van der Waals surface area contributed by atoms with E-state index in [0.717, 1.165) is 11.8 Å². The van der Waals surface area contributed by atoms with Crippen LogP contribution in [0.3, 0.4) is 0 Å². The van der Waals surface area contributed by atoms with Crippen LogP contribution in [0.1, 0.15) is 41.9 Å². The SMILES string of the molecule is c1ccc(C2CCN(CC3CCc4ccccc4C3)CC2)cc1. The summed E-state index contributed by atoms with van der Waals surface area (Å²) in [5, 5.41) is 0. The minimum Gasteiger partial charge on any atom is -0.303 e. The summed E-state index contributed by atoms with van der Waals surface area (Å²) in [5.41, 5.74) is 4.73. The number of hydrogen-bond acceptors (Lipinski definition) is 1. The molecule has 0 spiro atoms. The molecule has 1 saturated heterocycles. The highest BCUT2D eigenvalue weighted by Crippen LogP contribution is 2.30. The Morgan fingerprint density at radius 2 is 1.48 bits per heavy atom. The van der Waals surface area contributed by atoms with Crippen LogP contribution in [0, 0.1) is 5.92 Å². The monoisotopic (exact) mass is 305 g/mol. The lowest BCUT2D eigenvalue weighted by Crippen LogP contribution is -2.38. The number of fused-ring (bicyclic) bond motifs is 1. The third kappa shape index (κ3) is 3.50. The number of hydrogen-bond donors (Lipinski definition) is 0. The minimum atomic E-state index is 0.777. The van der Waals surface area contributed by atoms with E-state index in [1.807, 2.05) is 0 Å². The molecule has 2 aliphatic rings. The molecule has 0 aromatic heterocycles. The van der Waals surface area contributed by atoms with Gasteiger partial charge in [-0.3, -0.25) is 0 Å². The van der Waals surface area contributed by atoms with Gasteiger partial charge in [-0.15, -0.1) is 0 Å². The highest BCUT2D eigenvalue weighted by atomic mass is 15.1. The van der Waals surface area contributed by atoms with Crippen molar-refractivity contribution in [3.8, 4) is 0 Å². The molecule has 1 unspecified atom stereocenters. The second-order valence-electron chi connectivity index (χ2n) is 7.36. The Morgan fingerprint density at radius 1 is 0.783 bits per heavy atom. The lowest BCUT2D eigenvalue weighted by molar-refractivity contribution is 0.175. The number of benzene rings is 2. The molecule has 120 valence electrons. The van der Waals surface area contributed by atoms with Crippen LogP contribution in [0.5, 0.6) is 0 Å². The third-order valence-electron chi connectivity index (χ3n) is 5.82. The standard InChI is InChI=1S/C22H27N/c1-2-6-19(7-3-1)21-12-14-23(15-13-21)17-18-10-11-20-8-4-5-9-22(20)16-18/h1-9,18,21H,10-17H2. The van der Waals surface area contributed by atoms with Crippen molar-refractivity contribution in [2.75, 3.05) is 19.6 Å². The summed E-state index contributed by atoms with van der Waals surface area (Å²) in [6, 6.07) is 20.1. The topological polar surface area (TPSA) is 3.24 Å². The molecule has 1 aliphatic heterocycles. The maximum atomic E-state index is 2.72. The van der Waals surface area contributed by atoms with Crippen LogP contribution in [-0.2, 0) is 12.8 Å². The van der Waals surface area contributed by atoms with Crippen molar-refractivity contribution in [3.63, 3.8) is 0 Å². The van der Waals surface area contributed by atoms with Crippen LogP contribution in [0.2, 0.25) is 0 Å². The average molecular weight is 305 g/mol. The maximum absolute atomic E-state index is 2.72. The van der Waals surface area contributed by atoms with Crippen LogP contribution < -0.4 is 0 Å². The van der Waals surface area contributed by atoms with E-state index in [1.165, 1.54) is 51.7 Å². The first-order valence-corrected chi connectivity index (χ1v) is 9.22. The van der Waals surface area contributed by atoms with Crippen LogP contribution in [0.25, 0.3) is 0 Å². The van der Waals surface area contributed by atoms with E-state index in [1.54, 1.807) is 16.7 Å². The molecule has 4 rings (SSSR count). The molecular formula is C22H27N. The van der Waals surface area contributed by atoms with Gasteiger partial charge >= 0.3 is 0 Å². The molecule has 0 bridgehead atoms. The van der Waals surface area contributed by atoms with Gasteiger partial charge in [0.1, 0.15) is 0 Å². The Hall–Kier alpha value is -1.60. The Morgan fingerprint density at radius 3 is 2.26 bits per heavy atom. The predicted molar refractivity (Wildman–Crippen MR) is 96.8 cm³/mol. The largest absolute Gasteiger partial charge is 0.303 e. The molecular weight excluding hydrogens is 278 g/mol. The van der Waals surface area contributed by atoms with E-state index in [0.29, 0.717) is 0 Å². The number of nitrogens with zero attached hydrogens (tertiary/aromatic N) is 1. The second-order valence-corrected chi connectivity index (χ2v) is 7.36. The van der Waals surface area contributed by atoms with Crippen molar-refractivity contribution < 1.29 is 0 Å². The summed E-state index contributed by atoms with van der Waals surface area (Å²) in [6.45, 7) is 3.85. The van der Waals surface area contributed by atoms with Gasteiger partial charge in [0.15, 0.2) is 0 Å². The fourth-order valence-corrected chi connectivity index (χ4v) is 4.47. The zero-order valence-corrected chi connectivity index (χ0v) is 14.0. The van der Waals surface area contributed by atoms with Gasteiger partial charge in [-0.1, -0.05) is 54.6 Å². The summed E-state index contributed by atoms with van der Waals surface area (Å²) in [6.07, 6.45) is 6.59. The van der Waals surface area contributed by atoms with Crippen LogP contribution in [0.4, 0.5) is 0 Å². The molecule has 0 radical (unpaired) electrons. The molecule has 0 amide bonds. The van der Waals surface area contributed by atoms with Crippen LogP contribution in [0.15, 0.2) is 54.6 Å². The highest BCUT2D eigenvalue weighted by molar-refractivity contribution is 5.29. The molecule has 0 saturated carbocycles. The van der Waals surface area contributed by atoms with E-state index < -0.39 is 0 Å². The summed E-state index contributed by atoms with van der Waals surface area (Å²) < 4.78 is 0. The summed E-state index contributed by atoms with van der Waals surface area (Å²) in [4.78, 5) is 2.72. The molecule has 1 atom stereocenters. The lowest BCUT2D eigenvalue weighted by atomic mass is 9.83. The van der Waals surface area contributed by atoms with Gasteiger partial charge in [-0.25, -0.2) is 0 Å². The molecule has 2 aromatic carbocycles. The van der Waals surface area contributed by atoms with Crippen molar-refractivity contribution in [2.45, 2.75) is 38.0 Å². The van der Waals surface area contributed by atoms with Crippen molar-refractivity contribution in [1.82, 2.24) is 4.90 Å². The van der Waals surface area contributed by atoms with E-state index in [4.69, 9.17) is 0 Å². The molecule has 23 heavy (non-hydrogen) atoms. The van der Waals surface area contributed by atoms with E-state index in [2.05, 4.69) is 59.5 Å². The molecule has 2 aromatic rings. The van der Waals surface area contributed by atoms with E-state index in [9.17, 15) is 0 Å². The third-order valence-corrected chi connectivity index (χ3v) is 5.82. The van der Waals surface area contributed by atoms with Gasteiger partial charge in [-0.2, -0.15) is 0 Å². The second kappa shape index (κ2) is 6.88. The summed E-state index contributed by atoms with van der Waals surface area (Å²) >= 11 is 0. The Bertz CT molecular complexity index is 625. The predicted octanol–water partition coefficient (Wildman–Crippen LogP) is 4.67. The van der Waals surface area contributed by atoms with Crippen LogP contribution in [-0.4, -0.2) is 24.5 Å². The number of aryl methyl sites for hydroxylation is 1. The lowest BCUT2D eigenvalue weighted by Gasteiger charge is -2.36. The molecule has 1 heterocycles. The van der Waals surface area contributed by atoms with Gasteiger partial charge in [0.05, 0.1) is 0 Å². The maximum Gasteiger partial charge on any atom is 0.00130 e. The van der Waals surface area contributed by atoms with Gasteiger partial charge in [-0.05, 0) is 73.7 Å². The van der Waals surface area contributed by atoms with Crippen LogP contribution >= 0.6 is 0 Å². The van der Waals surface area contributed by atoms with Crippen molar-refractivity contribution in [3.05, 3.63) is 71.3 Å². The Labute approximate surface area is 140 Å². The average Bonchev–Trinajstić information content (AvgIpc) is 2.63. The molecule has 0 N–H and O–H groups in total. The van der Waals surface area contributed by atoms with Gasteiger partial charge in [0.25, 0.3) is 0 Å². The van der Waals surface area contributed by atoms with Crippen molar-refractivity contribution >= 4 is 0 Å². The minimum absolute atomic E-state index is 0.777. The van der Waals surface area contributed by atoms with E-state index in [-0.39, 0.29) is 0 Å². The molecule has 1 heteroatoms. The normalized spacial score (nSPS) is 22.7. The van der Waals surface area contributed by atoms with E-state index >= 15 is 0 Å². The molecule has 1 fully saturated rings. The Balaban J connectivity index is 1.30. The first-order chi connectivity index (χ1) is 11.4. The van der Waals surface area contributed by atoms with Gasteiger partial charge < -0.3 is 4.90 Å².